The highest BCUT2D eigenvalue weighted by molar-refractivity contribution is 4.98. The Balaban J connectivity index is 1.85. The standard InChI is InChI=1S/C10H18F2N2/c1-8-6-14(5-4-13-8)7-10(2-3-10)9(11)12/h8-9,13H,2-7H2,1H3/t8-/m0/s1. The fourth-order valence-electron chi connectivity index (χ4n) is 2.21. The van der Waals surface area contributed by atoms with Gasteiger partial charge >= 0.3 is 0 Å². The molecule has 82 valence electrons. The summed E-state index contributed by atoms with van der Waals surface area (Å²) >= 11 is 0. The number of halogens is 2. The maximum absolute atomic E-state index is 12.7. The molecule has 0 aromatic rings. The van der Waals surface area contributed by atoms with Gasteiger partial charge in [-0.1, -0.05) is 0 Å². The van der Waals surface area contributed by atoms with Crippen molar-refractivity contribution < 1.29 is 8.78 Å². The Morgan fingerprint density at radius 3 is 2.71 bits per heavy atom. The summed E-state index contributed by atoms with van der Waals surface area (Å²) in [6, 6.07) is 0.442. The Kier molecular flexibility index (Phi) is 2.75. The Morgan fingerprint density at radius 1 is 1.50 bits per heavy atom. The van der Waals surface area contributed by atoms with Crippen LogP contribution >= 0.6 is 0 Å². The van der Waals surface area contributed by atoms with Crippen molar-refractivity contribution in [2.75, 3.05) is 26.2 Å². The van der Waals surface area contributed by atoms with Crippen LogP contribution in [0.2, 0.25) is 0 Å². The van der Waals surface area contributed by atoms with Crippen LogP contribution < -0.4 is 5.32 Å². The van der Waals surface area contributed by atoms with E-state index in [1.807, 2.05) is 0 Å². The van der Waals surface area contributed by atoms with E-state index < -0.39 is 11.8 Å². The van der Waals surface area contributed by atoms with Gasteiger partial charge in [0.05, 0.1) is 0 Å². The van der Waals surface area contributed by atoms with E-state index in [0.29, 0.717) is 25.4 Å². The summed E-state index contributed by atoms with van der Waals surface area (Å²) in [4.78, 5) is 2.18. The number of alkyl halides is 2. The molecule has 1 saturated heterocycles. The minimum Gasteiger partial charge on any atom is -0.312 e. The maximum Gasteiger partial charge on any atom is 0.245 e. The van der Waals surface area contributed by atoms with Crippen LogP contribution in [0.5, 0.6) is 0 Å². The minimum absolute atomic E-state index is 0.442. The zero-order valence-electron chi connectivity index (χ0n) is 8.60. The SMILES string of the molecule is C[C@H]1CN(CC2(C(F)F)CC2)CCN1. The molecule has 1 aliphatic carbocycles. The van der Waals surface area contributed by atoms with Gasteiger partial charge in [0.15, 0.2) is 0 Å². The Bertz CT molecular complexity index is 204. The summed E-state index contributed by atoms with van der Waals surface area (Å²) in [6.07, 6.45) is -0.709. The van der Waals surface area contributed by atoms with E-state index in [2.05, 4.69) is 17.1 Å². The van der Waals surface area contributed by atoms with Gasteiger partial charge in [0.2, 0.25) is 6.43 Å². The summed E-state index contributed by atoms with van der Waals surface area (Å²) in [7, 11) is 0. The van der Waals surface area contributed by atoms with Crippen LogP contribution in [0, 0.1) is 5.41 Å². The van der Waals surface area contributed by atoms with Crippen LogP contribution in [0.4, 0.5) is 8.78 Å². The fraction of sp³-hybridized carbons (Fsp3) is 1.00. The first-order chi connectivity index (χ1) is 6.62. The van der Waals surface area contributed by atoms with Crippen LogP contribution in [-0.4, -0.2) is 43.5 Å². The molecule has 4 heteroatoms. The average Bonchev–Trinajstić information content (AvgIpc) is 2.85. The third-order valence-corrected chi connectivity index (χ3v) is 3.35. The largest absolute Gasteiger partial charge is 0.312 e. The van der Waals surface area contributed by atoms with Gasteiger partial charge in [0.1, 0.15) is 0 Å². The van der Waals surface area contributed by atoms with Gasteiger partial charge in [-0.15, -0.1) is 0 Å². The van der Waals surface area contributed by atoms with Crippen molar-refractivity contribution in [3.8, 4) is 0 Å². The third kappa shape index (κ3) is 2.06. The molecule has 2 rings (SSSR count). The van der Waals surface area contributed by atoms with E-state index in [1.165, 1.54) is 0 Å². The molecule has 1 aliphatic heterocycles. The topological polar surface area (TPSA) is 15.3 Å². The molecule has 2 aliphatic rings. The van der Waals surface area contributed by atoms with Crippen molar-refractivity contribution in [3.63, 3.8) is 0 Å². The van der Waals surface area contributed by atoms with Gasteiger partial charge in [-0.05, 0) is 19.8 Å². The van der Waals surface area contributed by atoms with Gasteiger partial charge in [-0.2, -0.15) is 0 Å². The number of nitrogens with one attached hydrogen (secondary N) is 1. The summed E-state index contributed by atoms with van der Waals surface area (Å²) in [6.45, 7) is 5.46. The van der Waals surface area contributed by atoms with E-state index in [9.17, 15) is 8.78 Å². The van der Waals surface area contributed by atoms with Gasteiger partial charge in [0, 0.05) is 37.6 Å². The fourth-order valence-corrected chi connectivity index (χ4v) is 2.21. The first kappa shape index (κ1) is 10.3. The highest BCUT2D eigenvalue weighted by atomic mass is 19.3. The lowest BCUT2D eigenvalue weighted by molar-refractivity contribution is 0.0306. The summed E-state index contributed by atoms with van der Waals surface area (Å²) in [5.74, 6) is 0. The van der Waals surface area contributed by atoms with Crippen LogP contribution in [0.3, 0.4) is 0 Å². The highest BCUT2D eigenvalue weighted by Crippen LogP contribution is 2.51. The minimum atomic E-state index is -2.13. The number of piperazine rings is 1. The molecule has 0 aromatic carbocycles. The molecule has 1 N–H and O–H groups in total. The molecule has 2 fully saturated rings. The van der Waals surface area contributed by atoms with E-state index in [0.717, 1.165) is 19.6 Å². The van der Waals surface area contributed by atoms with Crippen LogP contribution in [0.1, 0.15) is 19.8 Å². The first-order valence-corrected chi connectivity index (χ1v) is 5.36. The van der Waals surface area contributed by atoms with E-state index in [-0.39, 0.29) is 0 Å². The molecule has 0 radical (unpaired) electrons. The second-order valence-electron chi connectivity index (χ2n) is 4.75. The normalized spacial score (nSPS) is 32.1. The van der Waals surface area contributed by atoms with Crippen LogP contribution in [-0.2, 0) is 0 Å². The summed E-state index contributed by atoms with van der Waals surface area (Å²) in [5.41, 5.74) is -0.642. The van der Waals surface area contributed by atoms with E-state index in [1.54, 1.807) is 0 Å². The number of rotatable bonds is 3. The summed E-state index contributed by atoms with van der Waals surface area (Å²) in [5, 5.41) is 3.32. The van der Waals surface area contributed by atoms with Gasteiger partial charge in [-0.25, -0.2) is 8.78 Å². The third-order valence-electron chi connectivity index (χ3n) is 3.35. The van der Waals surface area contributed by atoms with Crippen molar-refractivity contribution in [2.45, 2.75) is 32.2 Å². The predicted octanol–water partition coefficient (Wildman–Crippen LogP) is 1.33. The zero-order chi connectivity index (χ0) is 10.2. The quantitative estimate of drug-likeness (QED) is 0.746. The summed E-state index contributed by atoms with van der Waals surface area (Å²) < 4.78 is 25.4. The van der Waals surface area contributed by atoms with Crippen molar-refractivity contribution in [3.05, 3.63) is 0 Å². The Hall–Kier alpha value is -0.220. The molecule has 0 unspecified atom stereocenters. The second kappa shape index (κ2) is 3.74. The molecule has 14 heavy (non-hydrogen) atoms. The molecule has 1 atom stereocenters. The van der Waals surface area contributed by atoms with Crippen LogP contribution in [0.15, 0.2) is 0 Å². The lowest BCUT2D eigenvalue weighted by Gasteiger charge is -2.34. The van der Waals surface area contributed by atoms with Crippen molar-refractivity contribution in [1.29, 1.82) is 0 Å². The second-order valence-corrected chi connectivity index (χ2v) is 4.75. The molecular weight excluding hydrogens is 186 g/mol. The Labute approximate surface area is 83.7 Å². The number of hydrogen-bond acceptors (Lipinski definition) is 2. The highest BCUT2D eigenvalue weighted by Gasteiger charge is 2.51. The van der Waals surface area contributed by atoms with Gasteiger partial charge in [-0.3, -0.25) is 4.90 Å². The molecule has 1 heterocycles. The maximum atomic E-state index is 12.7. The number of nitrogens with zero attached hydrogens (tertiary/aromatic N) is 1. The lowest BCUT2D eigenvalue weighted by Crippen LogP contribution is -2.51. The smallest absolute Gasteiger partial charge is 0.245 e. The molecule has 0 spiro atoms. The predicted molar refractivity (Wildman–Crippen MR) is 51.6 cm³/mol. The average molecular weight is 204 g/mol. The van der Waals surface area contributed by atoms with Gasteiger partial charge in [0.25, 0.3) is 0 Å². The van der Waals surface area contributed by atoms with Crippen molar-refractivity contribution in [2.24, 2.45) is 5.41 Å². The zero-order valence-corrected chi connectivity index (χ0v) is 8.60. The monoisotopic (exact) mass is 204 g/mol. The van der Waals surface area contributed by atoms with Crippen LogP contribution in [0.25, 0.3) is 0 Å². The molecule has 1 saturated carbocycles. The van der Waals surface area contributed by atoms with E-state index >= 15 is 0 Å². The van der Waals surface area contributed by atoms with Crippen molar-refractivity contribution in [1.82, 2.24) is 10.2 Å². The molecule has 2 nitrogen and oxygen atoms in total. The number of hydrogen-bond donors (Lipinski definition) is 1. The molecule has 0 aromatic heterocycles. The van der Waals surface area contributed by atoms with Gasteiger partial charge < -0.3 is 5.32 Å². The lowest BCUT2D eigenvalue weighted by atomic mass is 10.1. The molecule has 0 amide bonds. The van der Waals surface area contributed by atoms with Crippen molar-refractivity contribution >= 4 is 0 Å². The Morgan fingerprint density at radius 2 is 2.21 bits per heavy atom. The van der Waals surface area contributed by atoms with E-state index in [4.69, 9.17) is 0 Å². The first-order valence-electron chi connectivity index (χ1n) is 5.36. The molecular formula is C10H18F2N2. The molecule has 0 bridgehead atoms.